The molecule has 1 fully saturated rings. The smallest absolute Gasteiger partial charge is 0.244 e. The number of hydrogen-bond acceptors (Lipinski definition) is 6. The summed E-state index contributed by atoms with van der Waals surface area (Å²) in [5, 5.41) is 11.4. The van der Waals surface area contributed by atoms with Crippen molar-refractivity contribution in [2.45, 2.75) is 20.4 Å². The minimum absolute atomic E-state index is 0.554. The first kappa shape index (κ1) is 16.6. The summed E-state index contributed by atoms with van der Waals surface area (Å²) in [4.78, 5) is 9.37. The average Bonchev–Trinajstić information content (AvgIpc) is 2.62. The summed E-state index contributed by atoms with van der Waals surface area (Å²) < 4.78 is 0. The minimum Gasteiger partial charge on any atom is -0.353 e. The maximum atomic E-state index is 4.60. The fraction of sp³-hybridized carbons (Fsp3) is 0.500. The third-order valence-corrected chi connectivity index (χ3v) is 4.16. The zero-order valence-electron chi connectivity index (χ0n) is 14.5. The van der Waals surface area contributed by atoms with Crippen LogP contribution in [0.2, 0.25) is 0 Å². The summed E-state index contributed by atoms with van der Waals surface area (Å²) in [6.07, 6.45) is 1.76. The second kappa shape index (κ2) is 8.06. The number of aromatic nitrogens is 3. The van der Waals surface area contributed by atoms with Gasteiger partial charge in [0.1, 0.15) is 0 Å². The Labute approximate surface area is 143 Å². The molecule has 0 radical (unpaired) electrons. The maximum Gasteiger partial charge on any atom is 0.244 e. The van der Waals surface area contributed by atoms with Gasteiger partial charge < -0.3 is 10.2 Å². The third kappa shape index (κ3) is 4.64. The van der Waals surface area contributed by atoms with Crippen LogP contribution >= 0.6 is 0 Å². The molecule has 2 aromatic rings. The van der Waals surface area contributed by atoms with Gasteiger partial charge in [0, 0.05) is 39.3 Å². The highest BCUT2D eigenvalue weighted by Crippen LogP contribution is 2.15. The molecule has 0 atom stereocenters. The van der Waals surface area contributed by atoms with Crippen molar-refractivity contribution in [3.63, 3.8) is 0 Å². The molecule has 1 aromatic carbocycles. The molecule has 0 saturated carbocycles. The molecule has 1 saturated heterocycles. The number of rotatable bonds is 6. The fourth-order valence-corrected chi connectivity index (χ4v) is 2.79. The quantitative estimate of drug-likeness (QED) is 0.879. The zero-order chi connectivity index (χ0) is 16.8. The Bertz CT molecular complexity index is 622. The van der Waals surface area contributed by atoms with Crippen molar-refractivity contribution < 1.29 is 0 Å². The fourth-order valence-electron chi connectivity index (χ4n) is 2.79. The van der Waals surface area contributed by atoms with Gasteiger partial charge in [-0.1, -0.05) is 44.2 Å². The molecule has 0 aliphatic carbocycles. The van der Waals surface area contributed by atoms with Gasteiger partial charge in [-0.05, 0) is 11.5 Å². The lowest BCUT2D eigenvalue weighted by Gasteiger charge is -2.35. The first-order valence-corrected chi connectivity index (χ1v) is 8.65. The predicted molar refractivity (Wildman–Crippen MR) is 97.1 cm³/mol. The van der Waals surface area contributed by atoms with E-state index in [4.69, 9.17) is 0 Å². The molecule has 6 heteroatoms. The normalized spacial score (nSPS) is 15.7. The molecular weight excluding hydrogens is 300 g/mol. The summed E-state index contributed by atoms with van der Waals surface area (Å²) in [6.45, 7) is 10.2. The second-order valence-corrected chi connectivity index (χ2v) is 6.66. The van der Waals surface area contributed by atoms with Crippen LogP contribution in [0.15, 0.2) is 36.5 Å². The van der Waals surface area contributed by atoms with Crippen LogP contribution in [0, 0.1) is 5.92 Å². The van der Waals surface area contributed by atoms with Crippen LogP contribution in [0.1, 0.15) is 19.4 Å². The molecule has 24 heavy (non-hydrogen) atoms. The first-order valence-electron chi connectivity index (χ1n) is 8.65. The lowest BCUT2D eigenvalue weighted by Crippen LogP contribution is -2.46. The topological polar surface area (TPSA) is 57.2 Å². The van der Waals surface area contributed by atoms with Crippen molar-refractivity contribution in [1.29, 1.82) is 0 Å². The zero-order valence-corrected chi connectivity index (χ0v) is 14.5. The van der Waals surface area contributed by atoms with Gasteiger partial charge in [-0.25, -0.2) is 0 Å². The van der Waals surface area contributed by atoms with Gasteiger partial charge in [-0.15, -0.1) is 5.10 Å². The van der Waals surface area contributed by atoms with Crippen LogP contribution in [0.25, 0.3) is 0 Å². The van der Waals surface area contributed by atoms with Crippen LogP contribution in [0.3, 0.4) is 0 Å². The van der Waals surface area contributed by atoms with E-state index in [-0.39, 0.29) is 0 Å². The Kier molecular flexibility index (Phi) is 5.59. The molecule has 1 N–H and O–H groups in total. The molecule has 6 nitrogen and oxygen atoms in total. The van der Waals surface area contributed by atoms with Gasteiger partial charge in [0.25, 0.3) is 0 Å². The van der Waals surface area contributed by atoms with E-state index in [1.807, 2.05) is 0 Å². The highest BCUT2D eigenvalue weighted by atomic mass is 15.3. The highest BCUT2D eigenvalue weighted by Gasteiger charge is 2.18. The van der Waals surface area contributed by atoms with Crippen LogP contribution < -0.4 is 10.2 Å². The van der Waals surface area contributed by atoms with Gasteiger partial charge in [-0.2, -0.15) is 10.1 Å². The molecular formula is C18H26N6. The molecule has 1 aromatic heterocycles. The van der Waals surface area contributed by atoms with Crippen molar-refractivity contribution in [2.75, 3.05) is 42.9 Å². The van der Waals surface area contributed by atoms with E-state index in [9.17, 15) is 0 Å². The van der Waals surface area contributed by atoms with E-state index in [1.54, 1.807) is 6.20 Å². The number of piperazine rings is 1. The molecule has 3 rings (SSSR count). The number of anilines is 2. The molecule has 1 aliphatic heterocycles. The molecule has 0 bridgehead atoms. The van der Waals surface area contributed by atoms with Gasteiger partial charge in [0.15, 0.2) is 5.82 Å². The SMILES string of the molecule is CC(C)CNc1nncc(N2CCN(Cc3ccccc3)CC2)n1. The largest absolute Gasteiger partial charge is 0.353 e. The number of nitrogens with zero attached hydrogens (tertiary/aromatic N) is 5. The summed E-state index contributed by atoms with van der Waals surface area (Å²) in [5.41, 5.74) is 1.37. The van der Waals surface area contributed by atoms with E-state index in [0.717, 1.165) is 45.1 Å². The van der Waals surface area contributed by atoms with E-state index >= 15 is 0 Å². The lowest BCUT2D eigenvalue weighted by molar-refractivity contribution is 0.249. The van der Waals surface area contributed by atoms with E-state index < -0.39 is 0 Å². The second-order valence-electron chi connectivity index (χ2n) is 6.66. The monoisotopic (exact) mass is 326 g/mol. The van der Waals surface area contributed by atoms with Crippen LogP contribution in [-0.2, 0) is 6.54 Å². The first-order chi connectivity index (χ1) is 11.7. The van der Waals surface area contributed by atoms with Crippen molar-refractivity contribution in [2.24, 2.45) is 5.92 Å². The summed E-state index contributed by atoms with van der Waals surface area (Å²) >= 11 is 0. The number of benzene rings is 1. The average molecular weight is 326 g/mol. The van der Waals surface area contributed by atoms with Crippen LogP contribution in [-0.4, -0.2) is 52.8 Å². The molecule has 0 spiro atoms. The van der Waals surface area contributed by atoms with Gasteiger partial charge in [0.2, 0.25) is 5.95 Å². The van der Waals surface area contributed by atoms with Crippen molar-refractivity contribution in [3.8, 4) is 0 Å². The number of hydrogen-bond donors (Lipinski definition) is 1. The standard InChI is InChI=1S/C18H26N6/c1-15(2)12-19-18-21-17(13-20-22-18)24-10-8-23(9-11-24)14-16-6-4-3-5-7-16/h3-7,13,15H,8-12,14H2,1-2H3,(H,19,21,22). The lowest BCUT2D eigenvalue weighted by atomic mass is 10.2. The Hall–Kier alpha value is -2.21. The summed E-state index contributed by atoms with van der Waals surface area (Å²) in [5.74, 6) is 2.09. The van der Waals surface area contributed by atoms with Crippen molar-refractivity contribution >= 4 is 11.8 Å². The van der Waals surface area contributed by atoms with E-state index in [0.29, 0.717) is 11.9 Å². The predicted octanol–water partition coefficient (Wildman–Crippen LogP) is 2.26. The molecule has 2 heterocycles. The van der Waals surface area contributed by atoms with E-state index in [2.05, 4.69) is 74.5 Å². The molecule has 128 valence electrons. The van der Waals surface area contributed by atoms with Gasteiger partial charge in [-0.3, -0.25) is 4.90 Å². The van der Waals surface area contributed by atoms with E-state index in [1.165, 1.54) is 5.56 Å². The molecule has 0 unspecified atom stereocenters. The summed E-state index contributed by atoms with van der Waals surface area (Å²) in [7, 11) is 0. The van der Waals surface area contributed by atoms with Crippen molar-refractivity contribution in [1.82, 2.24) is 20.1 Å². The summed E-state index contributed by atoms with van der Waals surface area (Å²) in [6, 6.07) is 10.6. The van der Waals surface area contributed by atoms with Gasteiger partial charge >= 0.3 is 0 Å². The van der Waals surface area contributed by atoms with Crippen LogP contribution in [0.5, 0.6) is 0 Å². The van der Waals surface area contributed by atoms with Crippen LogP contribution in [0.4, 0.5) is 11.8 Å². The highest BCUT2D eigenvalue weighted by molar-refractivity contribution is 5.40. The molecule has 0 amide bonds. The maximum absolute atomic E-state index is 4.60. The Morgan fingerprint density at radius 1 is 1.08 bits per heavy atom. The van der Waals surface area contributed by atoms with Crippen molar-refractivity contribution in [3.05, 3.63) is 42.1 Å². The Balaban J connectivity index is 1.53. The Morgan fingerprint density at radius 2 is 1.83 bits per heavy atom. The third-order valence-electron chi connectivity index (χ3n) is 4.16. The minimum atomic E-state index is 0.554. The Morgan fingerprint density at radius 3 is 2.54 bits per heavy atom. The number of nitrogens with one attached hydrogen (secondary N) is 1. The van der Waals surface area contributed by atoms with Gasteiger partial charge in [0.05, 0.1) is 6.20 Å². The molecule has 1 aliphatic rings.